The van der Waals surface area contributed by atoms with E-state index in [1.807, 2.05) is 29.1 Å². The Bertz CT molecular complexity index is 997. The number of aromatic nitrogens is 2. The summed E-state index contributed by atoms with van der Waals surface area (Å²) in [5.41, 5.74) is 3.24. The van der Waals surface area contributed by atoms with Crippen LogP contribution in [0.25, 0.3) is 0 Å². The van der Waals surface area contributed by atoms with Gasteiger partial charge in [-0.2, -0.15) is 4.02 Å². The average molecular weight is 522 g/mol. The first-order valence-corrected chi connectivity index (χ1v) is 12.6. The van der Waals surface area contributed by atoms with Gasteiger partial charge in [-0.1, -0.05) is 73.4 Å². The summed E-state index contributed by atoms with van der Waals surface area (Å²) in [5.74, 6) is 1.01. The number of oxime groups is 1. The van der Waals surface area contributed by atoms with Crippen LogP contribution in [0.4, 0.5) is 0 Å². The molecule has 0 spiro atoms. The second-order valence-electron chi connectivity index (χ2n) is 10.9. The number of aryl methyl sites for hydroxylation is 1. The molecule has 0 aliphatic rings. The lowest BCUT2D eigenvalue weighted by Crippen LogP contribution is -2.29. The molecule has 0 aliphatic heterocycles. The molecule has 6 nitrogen and oxygen atoms in total. The zero-order valence-electron chi connectivity index (χ0n) is 21.5. The maximum absolute atomic E-state index is 11.0. The van der Waals surface area contributed by atoms with E-state index in [0.717, 1.165) is 35.3 Å². The van der Waals surface area contributed by atoms with Crippen molar-refractivity contribution >= 4 is 21.9 Å². The number of aromatic hydroxyl groups is 1. The first-order chi connectivity index (χ1) is 15.4. The third-order valence-electron chi connectivity index (χ3n) is 6.45. The standard InChI is InChI=1S/C26H41BrN4O2/c1-9-18(10-2)11-12-30-13-14-31(24(30)28-27)17-22(29-33)19-15-20(25(3,4)5)23(32)21(16-19)26(6,7)8/h13-16,18,32-33H,9-12,17H2,1-8H3/b28-24?,29-22-. The van der Waals surface area contributed by atoms with Gasteiger partial charge in [0.25, 0.3) is 0 Å². The van der Waals surface area contributed by atoms with Crippen molar-refractivity contribution in [2.24, 2.45) is 15.1 Å². The van der Waals surface area contributed by atoms with Crippen molar-refractivity contribution < 1.29 is 10.3 Å². The summed E-state index contributed by atoms with van der Waals surface area (Å²) >= 11 is 3.28. The molecule has 0 fully saturated rings. The van der Waals surface area contributed by atoms with Crippen LogP contribution in [-0.2, 0) is 23.9 Å². The maximum atomic E-state index is 11.0. The number of hydrogen-bond acceptors (Lipinski definition) is 4. The molecule has 0 amide bonds. The SMILES string of the molecule is CCC(CC)CCn1ccn(C/C(=N/O)c2cc(C(C)(C)C)c(O)c(C(C)(C)C)c2)c1=NBr. The summed E-state index contributed by atoms with van der Waals surface area (Å²) in [6, 6.07) is 3.88. The maximum Gasteiger partial charge on any atom is 0.217 e. The lowest BCUT2D eigenvalue weighted by Gasteiger charge is -2.28. The van der Waals surface area contributed by atoms with E-state index in [1.165, 1.54) is 12.8 Å². The Morgan fingerprint density at radius 1 is 0.970 bits per heavy atom. The fourth-order valence-electron chi connectivity index (χ4n) is 4.16. The molecule has 0 saturated heterocycles. The lowest BCUT2D eigenvalue weighted by molar-refractivity contribution is 0.317. The predicted octanol–water partition coefficient (Wildman–Crippen LogP) is 6.51. The zero-order valence-corrected chi connectivity index (χ0v) is 23.1. The van der Waals surface area contributed by atoms with E-state index in [9.17, 15) is 10.3 Å². The van der Waals surface area contributed by atoms with E-state index in [0.29, 0.717) is 23.9 Å². The number of phenolic OH excluding ortho intramolecular Hbond substituents is 1. The van der Waals surface area contributed by atoms with Crippen molar-refractivity contribution in [2.45, 2.75) is 98.6 Å². The molecule has 0 atom stereocenters. The summed E-state index contributed by atoms with van der Waals surface area (Å²) in [5, 5.41) is 24.7. The Labute approximate surface area is 207 Å². The quantitative estimate of drug-likeness (QED) is 0.236. The summed E-state index contributed by atoms with van der Waals surface area (Å²) < 4.78 is 8.43. The monoisotopic (exact) mass is 520 g/mol. The van der Waals surface area contributed by atoms with E-state index in [2.05, 4.69) is 85.3 Å². The molecule has 0 aliphatic carbocycles. The lowest BCUT2D eigenvalue weighted by atomic mass is 9.78. The molecule has 33 heavy (non-hydrogen) atoms. The summed E-state index contributed by atoms with van der Waals surface area (Å²) in [6.07, 6.45) is 7.43. The van der Waals surface area contributed by atoms with Crippen molar-refractivity contribution in [1.82, 2.24) is 9.13 Å². The van der Waals surface area contributed by atoms with Gasteiger partial charge in [-0.25, -0.2) is 0 Å². The molecule has 0 bridgehead atoms. The number of phenols is 1. The fourth-order valence-corrected chi connectivity index (χ4v) is 4.57. The number of nitrogens with zero attached hydrogens (tertiary/aromatic N) is 4. The van der Waals surface area contributed by atoms with Gasteiger partial charge in [-0.15, -0.1) is 0 Å². The fraction of sp³-hybridized carbons (Fsp3) is 0.615. The Morgan fingerprint density at radius 2 is 1.48 bits per heavy atom. The normalized spacial score (nSPS) is 13.9. The predicted molar refractivity (Wildman–Crippen MR) is 139 cm³/mol. The molecule has 184 valence electrons. The van der Waals surface area contributed by atoms with Crippen molar-refractivity contribution in [3.8, 4) is 5.75 Å². The van der Waals surface area contributed by atoms with Crippen LogP contribution in [0.5, 0.6) is 5.75 Å². The Hall–Kier alpha value is -2.02. The first-order valence-electron chi connectivity index (χ1n) is 11.9. The smallest absolute Gasteiger partial charge is 0.217 e. The van der Waals surface area contributed by atoms with Gasteiger partial charge >= 0.3 is 0 Å². The highest BCUT2D eigenvalue weighted by atomic mass is 79.9. The highest BCUT2D eigenvalue weighted by Gasteiger charge is 2.27. The minimum absolute atomic E-state index is 0.261. The van der Waals surface area contributed by atoms with E-state index >= 15 is 0 Å². The van der Waals surface area contributed by atoms with Gasteiger partial charge in [0.2, 0.25) is 5.62 Å². The molecular formula is C26H41BrN4O2. The Morgan fingerprint density at radius 3 is 1.91 bits per heavy atom. The van der Waals surface area contributed by atoms with Crippen LogP contribution >= 0.6 is 16.1 Å². The highest BCUT2D eigenvalue weighted by molar-refractivity contribution is 9.08. The number of rotatable bonds is 8. The largest absolute Gasteiger partial charge is 0.507 e. The minimum Gasteiger partial charge on any atom is -0.507 e. The summed E-state index contributed by atoms with van der Waals surface area (Å²) in [6.45, 7) is 18.2. The second-order valence-corrected chi connectivity index (χ2v) is 11.3. The van der Waals surface area contributed by atoms with Crippen molar-refractivity contribution in [2.75, 3.05) is 0 Å². The third kappa shape index (κ3) is 6.52. The van der Waals surface area contributed by atoms with Gasteiger partial charge in [0.1, 0.15) is 11.5 Å². The second kappa shape index (κ2) is 10.9. The number of imidazole rings is 1. The van der Waals surface area contributed by atoms with Gasteiger partial charge in [-0.3, -0.25) is 0 Å². The minimum atomic E-state index is -0.261. The van der Waals surface area contributed by atoms with Gasteiger partial charge in [0.15, 0.2) is 0 Å². The van der Waals surface area contributed by atoms with E-state index < -0.39 is 0 Å². The van der Waals surface area contributed by atoms with Gasteiger partial charge in [-0.05, 0) is 35.3 Å². The van der Waals surface area contributed by atoms with Crippen LogP contribution in [0, 0.1) is 5.92 Å². The van der Waals surface area contributed by atoms with E-state index in [4.69, 9.17) is 0 Å². The third-order valence-corrected chi connectivity index (χ3v) is 6.77. The molecule has 1 aromatic carbocycles. The molecule has 1 aromatic heterocycles. The zero-order chi connectivity index (χ0) is 25.0. The molecule has 2 rings (SSSR count). The Balaban J connectivity index is 2.47. The Kier molecular flexibility index (Phi) is 9.02. The van der Waals surface area contributed by atoms with Crippen LogP contribution in [0.1, 0.15) is 91.3 Å². The summed E-state index contributed by atoms with van der Waals surface area (Å²) in [4.78, 5) is 0. The molecule has 2 aromatic rings. The van der Waals surface area contributed by atoms with Gasteiger partial charge < -0.3 is 19.4 Å². The van der Waals surface area contributed by atoms with E-state index in [-0.39, 0.29) is 10.8 Å². The first kappa shape index (κ1) is 27.2. The number of benzene rings is 1. The van der Waals surface area contributed by atoms with E-state index in [1.54, 1.807) is 0 Å². The van der Waals surface area contributed by atoms with Gasteiger partial charge in [0.05, 0.1) is 22.7 Å². The topological polar surface area (TPSA) is 75.0 Å². The van der Waals surface area contributed by atoms with Crippen molar-refractivity contribution in [1.29, 1.82) is 0 Å². The van der Waals surface area contributed by atoms with Crippen LogP contribution in [0.3, 0.4) is 0 Å². The average Bonchev–Trinajstić information content (AvgIpc) is 3.12. The number of hydrogen-bond donors (Lipinski definition) is 2. The van der Waals surface area contributed by atoms with Crippen LogP contribution in [-0.4, -0.2) is 25.2 Å². The van der Waals surface area contributed by atoms with Crippen molar-refractivity contribution in [3.05, 3.63) is 46.8 Å². The van der Waals surface area contributed by atoms with Crippen LogP contribution in [0.2, 0.25) is 0 Å². The van der Waals surface area contributed by atoms with Crippen molar-refractivity contribution in [3.63, 3.8) is 0 Å². The molecule has 2 N–H and O–H groups in total. The molecule has 1 heterocycles. The number of halogens is 1. The van der Waals surface area contributed by atoms with Crippen LogP contribution in [0.15, 0.2) is 33.7 Å². The molecule has 7 heteroatoms. The molecule has 0 unspecified atom stereocenters. The molecular weight excluding hydrogens is 480 g/mol. The van der Waals surface area contributed by atoms with Gasteiger partial charge in [0, 0.05) is 35.6 Å². The molecule has 0 radical (unpaired) electrons. The van der Waals surface area contributed by atoms with Crippen LogP contribution < -0.4 is 5.62 Å². The highest BCUT2D eigenvalue weighted by Crippen LogP contribution is 2.40. The summed E-state index contributed by atoms with van der Waals surface area (Å²) in [7, 11) is 0. The molecule has 0 saturated carbocycles.